The minimum absolute atomic E-state index is 1.14. The quantitative estimate of drug-likeness (QED) is 0.565. The first-order valence-corrected chi connectivity index (χ1v) is 7.16. The summed E-state index contributed by atoms with van der Waals surface area (Å²) in [5, 5.41) is 3.47. The molecule has 0 saturated heterocycles. The highest BCUT2D eigenvalue weighted by molar-refractivity contribution is 7.98. The van der Waals surface area contributed by atoms with Crippen LogP contribution in [-0.2, 0) is 0 Å². The van der Waals surface area contributed by atoms with Crippen LogP contribution in [0, 0.1) is 0 Å². The first-order valence-electron chi connectivity index (χ1n) is 5.77. The number of hydrogen-bond donors (Lipinski definition) is 1. The Bertz CT molecular complexity index is 103. The first kappa shape index (κ1) is 14.3. The smallest absolute Gasteiger partial charge is 0.0107 e. The Hall–Kier alpha value is 0.270. The standard InChI is InChI=1S/C11H26N2S/c1-4-8-13(9-5-2)10-6-12-7-11-14-3/h12H,4-11H2,1-3H3. The summed E-state index contributed by atoms with van der Waals surface area (Å²) >= 11 is 1.90. The molecule has 0 radical (unpaired) electrons. The van der Waals surface area contributed by atoms with Crippen molar-refractivity contribution in [3.8, 4) is 0 Å². The van der Waals surface area contributed by atoms with Crippen molar-refractivity contribution in [2.75, 3.05) is 44.7 Å². The monoisotopic (exact) mass is 218 g/mol. The van der Waals surface area contributed by atoms with Gasteiger partial charge in [-0.3, -0.25) is 0 Å². The maximum absolute atomic E-state index is 3.47. The third kappa shape index (κ3) is 8.85. The Morgan fingerprint density at radius 2 is 1.64 bits per heavy atom. The van der Waals surface area contributed by atoms with Crippen molar-refractivity contribution in [1.82, 2.24) is 10.2 Å². The van der Waals surface area contributed by atoms with E-state index in [2.05, 4.69) is 30.3 Å². The molecule has 0 aliphatic rings. The molecule has 1 N–H and O–H groups in total. The van der Waals surface area contributed by atoms with E-state index in [-0.39, 0.29) is 0 Å². The summed E-state index contributed by atoms with van der Waals surface area (Å²) in [5.74, 6) is 1.22. The van der Waals surface area contributed by atoms with Crippen LogP contribution in [-0.4, -0.2) is 49.6 Å². The SMILES string of the molecule is CCCN(CCC)CCNCCSC. The van der Waals surface area contributed by atoms with Gasteiger partial charge in [0.05, 0.1) is 0 Å². The first-order chi connectivity index (χ1) is 6.85. The fourth-order valence-electron chi connectivity index (χ4n) is 1.50. The Kier molecular flexibility index (Phi) is 11.6. The molecular weight excluding hydrogens is 192 g/mol. The summed E-state index contributed by atoms with van der Waals surface area (Å²) in [6, 6.07) is 0. The maximum atomic E-state index is 3.47. The van der Waals surface area contributed by atoms with E-state index in [4.69, 9.17) is 0 Å². The van der Waals surface area contributed by atoms with Crippen LogP contribution in [0.1, 0.15) is 26.7 Å². The van der Waals surface area contributed by atoms with Crippen LogP contribution >= 0.6 is 11.8 Å². The van der Waals surface area contributed by atoms with Crippen LogP contribution < -0.4 is 5.32 Å². The van der Waals surface area contributed by atoms with Crippen molar-refractivity contribution in [2.45, 2.75) is 26.7 Å². The summed E-state index contributed by atoms with van der Waals surface area (Å²) in [6.45, 7) is 10.5. The second-order valence-corrected chi connectivity index (χ2v) is 4.57. The summed E-state index contributed by atoms with van der Waals surface area (Å²) in [6.07, 6.45) is 4.69. The number of nitrogens with zero attached hydrogens (tertiary/aromatic N) is 1. The molecule has 0 fully saturated rings. The third-order valence-electron chi connectivity index (χ3n) is 2.17. The molecule has 0 aromatic rings. The van der Waals surface area contributed by atoms with Crippen molar-refractivity contribution >= 4 is 11.8 Å². The van der Waals surface area contributed by atoms with Gasteiger partial charge < -0.3 is 10.2 Å². The molecule has 0 bridgehead atoms. The van der Waals surface area contributed by atoms with Crippen molar-refractivity contribution in [3.05, 3.63) is 0 Å². The van der Waals surface area contributed by atoms with E-state index < -0.39 is 0 Å². The molecule has 2 nitrogen and oxygen atoms in total. The van der Waals surface area contributed by atoms with Gasteiger partial charge in [-0.1, -0.05) is 13.8 Å². The van der Waals surface area contributed by atoms with Gasteiger partial charge in [-0.15, -0.1) is 0 Å². The molecule has 0 atom stereocenters. The minimum atomic E-state index is 1.14. The van der Waals surface area contributed by atoms with Crippen molar-refractivity contribution in [2.24, 2.45) is 0 Å². The Morgan fingerprint density at radius 3 is 2.14 bits per heavy atom. The van der Waals surface area contributed by atoms with Crippen LogP contribution in [0.4, 0.5) is 0 Å². The molecule has 0 heterocycles. The lowest BCUT2D eigenvalue weighted by atomic mass is 10.3. The molecule has 0 saturated carbocycles. The molecule has 0 unspecified atom stereocenters. The highest BCUT2D eigenvalue weighted by atomic mass is 32.2. The predicted molar refractivity (Wildman–Crippen MR) is 68.3 cm³/mol. The number of thioether (sulfide) groups is 1. The molecule has 0 aliphatic heterocycles. The normalized spacial score (nSPS) is 11.1. The Morgan fingerprint density at radius 1 is 1.00 bits per heavy atom. The molecule has 14 heavy (non-hydrogen) atoms. The van der Waals surface area contributed by atoms with E-state index in [1.165, 1.54) is 38.2 Å². The molecule has 0 aromatic carbocycles. The maximum Gasteiger partial charge on any atom is 0.0107 e. The largest absolute Gasteiger partial charge is 0.315 e. The number of nitrogens with one attached hydrogen (secondary N) is 1. The van der Waals surface area contributed by atoms with Gasteiger partial charge in [-0.25, -0.2) is 0 Å². The molecule has 3 heteroatoms. The number of hydrogen-bond acceptors (Lipinski definition) is 3. The van der Waals surface area contributed by atoms with E-state index in [0.29, 0.717) is 0 Å². The zero-order valence-electron chi connectivity index (χ0n) is 10.0. The second-order valence-electron chi connectivity index (χ2n) is 3.58. The van der Waals surface area contributed by atoms with Crippen LogP contribution in [0.25, 0.3) is 0 Å². The van der Waals surface area contributed by atoms with Crippen LogP contribution in [0.5, 0.6) is 0 Å². The van der Waals surface area contributed by atoms with Gasteiger partial charge in [-0.05, 0) is 32.2 Å². The molecule has 86 valence electrons. The predicted octanol–water partition coefficient (Wildman–Crippen LogP) is 2.06. The molecule has 0 spiro atoms. The number of rotatable bonds is 10. The molecule has 0 aliphatic carbocycles. The Labute approximate surface area is 93.8 Å². The summed E-state index contributed by atoms with van der Waals surface area (Å²) < 4.78 is 0. The zero-order valence-corrected chi connectivity index (χ0v) is 10.8. The van der Waals surface area contributed by atoms with E-state index in [1.807, 2.05) is 11.8 Å². The highest BCUT2D eigenvalue weighted by Crippen LogP contribution is 1.93. The fourth-order valence-corrected chi connectivity index (χ4v) is 1.85. The van der Waals surface area contributed by atoms with Crippen LogP contribution in [0.15, 0.2) is 0 Å². The average molecular weight is 218 g/mol. The molecule has 0 rings (SSSR count). The molecule has 0 amide bonds. The van der Waals surface area contributed by atoms with Crippen molar-refractivity contribution in [1.29, 1.82) is 0 Å². The lowest BCUT2D eigenvalue weighted by Crippen LogP contribution is -2.34. The lowest BCUT2D eigenvalue weighted by molar-refractivity contribution is 0.275. The van der Waals surface area contributed by atoms with Gasteiger partial charge in [0, 0.05) is 25.4 Å². The van der Waals surface area contributed by atoms with Gasteiger partial charge in [0.15, 0.2) is 0 Å². The summed E-state index contributed by atoms with van der Waals surface area (Å²) in [4.78, 5) is 2.55. The van der Waals surface area contributed by atoms with Gasteiger partial charge in [0.2, 0.25) is 0 Å². The van der Waals surface area contributed by atoms with E-state index >= 15 is 0 Å². The minimum Gasteiger partial charge on any atom is -0.315 e. The van der Waals surface area contributed by atoms with Gasteiger partial charge >= 0.3 is 0 Å². The van der Waals surface area contributed by atoms with Crippen molar-refractivity contribution < 1.29 is 0 Å². The summed E-state index contributed by atoms with van der Waals surface area (Å²) in [5.41, 5.74) is 0. The van der Waals surface area contributed by atoms with Crippen molar-refractivity contribution in [3.63, 3.8) is 0 Å². The van der Waals surface area contributed by atoms with Gasteiger partial charge in [0.25, 0.3) is 0 Å². The topological polar surface area (TPSA) is 15.3 Å². The molecule has 0 aromatic heterocycles. The lowest BCUT2D eigenvalue weighted by Gasteiger charge is -2.20. The Balaban J connectivity index is 3.30. The van der Waals surface area contributed by atoms with E-state index in [0.717, 1.165) is 13.1 Å². The third-order valence-corrected chi connectivity index (χ3v) is 2.78. The van der Waals surface area contributed by atoms with E-state index in [1.54, 1.807) is 0 Å². The van der Waals surface area contributed by atoms with Crippen LogP contribution in [0.2, 0.25) is 0 Å². The molecular formula is C11H26N2S. The van der Waals surface area contributed by atoms with Gasteiger partial charge in [-0.2, -0.15) is 11.8 Å². The van der Waals surface area contributed by atoms with Crippen LogP contribution in [0.3, 0.4) is 0 Å². The average Bonchev–Trinajstić information content (AvgIpc) is 2.18. The summed E-state index contributed by atoms with van der Waals surface area (Å²) in [7, 11) is 0. The highest BCUT2D eigenvalue weighted by Gasteiger charge is 2.00. The van der Waals surface area contributed by atoms with E-state index in [9.17, 15) is 0 Å². The second kappa shape index (κ2) is 11.3. The zero-order chi connectivity index (χ0) is 10.6. The van der Waals surface area contributed by atoms with Gasteiger partial charge in [0.1, 0.15) is 0 Å². The fraction of sp³-hybridized carbons (Fsp3) is 1.00.